The van der Waals surface area contributed by atoms with E-state index in [1.807, 2.05) is 23.6 Å². The summed E-state index contributed by atoms with van der Waals surface area (Å²) in [7, 11) is 3.96. The number of phenolic OH excluding ortho intramolecular Hbond substituents is 1. The number of hydrogen-bond donors (Lipinski definition) is 3. The molecule has 0 saturated heterocycles. The molecule has 0 saturated carbocycles. The Morgan fingerprint density at radius 2 is 2.08 bits per heavy atom. The zero-order valence-corrected chi connectivity index (χ0v) is 20.2. The number of benzene rings is 2. The highest BCUT2D eigenvalue weighted by Crippen LogP contribution is 2.28. The fourth-order valence-corrected chi connectivity index (χ4v) is 3.24. The SMILES string of the molecule is CN(C)CCn1cnnc1-c1cc(Oc2ccc(NC(=O)N/N=C/c3cccc(O)c3)cc2F)ccn1. The molecule has 2 heterocycles. The van der Waals surface area contributed by atoms with Gasteiger partial charge in [-0.1, -0.05) is 12.1 Å². The van der Waals surface area contributed by atoms with Crippen LogP contribution in [0.3, 0.4) is 0 Å². The number of carbonyl (C=O) groups is 1. The summed E-state index contributed by atoms with van der Waals surface area (Å²) in [6, 6.07) is 13.0. The Morgan fingerprint density at radius 1 is 1.22 bits per heavy atom. The fourth-order valence-electron chi connectivity index (χ4n) is 3.24. The lowest BCUT2D eigenvalue weighted by molar-refractivity contribution is 0.252. The number of pyridine rings is 1. The first-order chi connectivity index (χ1) is 17.9. The largest absolute Gasteiger partial charge is 0.508 e. The van der Waals surface area contributed by atoms with Crippen LogP contribution in [0.2, 0.25) is 0 Å². The van der Waals surface area contributed by atoms with Gasteiger partial charge in [0, 0.05) is 37.1 Å². The van der Waals surface area contributed by atoms with Crippen LogP contribution < -0.4 is 15.5 Å². The second kappa shape index (κ2) is 11.7. The molecule has 190 valence electrons. The minimum absolute atomic E-state index is 0.0286. The van der Waals surface area contributed by atoms with Crippen molar-refractivity contribution in [1.29, 1.82) is 0 Å². The molecule has 0 aliphatic rings. The zero-order valence-electron chi connectivity index (χ0n) is 20.2. The third kappa shape index (κ3) is 7.08. The summed E-state index contributed by atoms with van der Waals surface area (Å²) in [5.74, 6) is 0.320. The average molecular weight is 505 g/mol. The van der Waals surface area contributed by atoms with Crippen molar-refractivity contribution in [1.82, 2.24) is 30.1 Å². The molecule has 3 N–H and O–H groups in total. The number of likely N-dealkylation sites (N-methyl/N-ethyl adjacent to an activating group) is 1. The number of aromatic hydroxyl groups is 1. The van der Waals surface area contributed by atoms with Crippen molar-refractivity contribution in [3.8, 4) is 28.8 Å². The Balaban J connectivity index is 1.38. The first kappa shape index (κ1) is 25.3. The van der Waals surface area contributed by atoms with Gasteiger partial charge in [0.1, 0.15) is 23.5 Å². The number of phenols is 1. The van der Waals surface area contributed by atoms with Crippen molar-refractivity contribution < 1.29 is 19.0 Å². The molecular formula is C25H25FN8O3. The Labute approximate surface area is 212 Å². The first-order valence-electron chi connectivity index (χ1n) is 11.2. The van der Waals surface area contributed by atoms with E-state index >= 15 is 0 Å². The number of ether oxygens (including phenoxy) is 1. The predicted octanol–water partition coefficient (Wildman–Crippen LogP) is 3.69. The molecule has 0 atom stereocenters. The van der Waals surface area contributed by atoms with Crippen LogP contribution in [-0.4, -0.2) is 62.6 Å². The van der Waals surface area contributed by atoms with E-state index in [-0.39, 0.29) is 17.2 Å². The van der Waals surface area contributed by atoms with Crippen LogP contribution in [0.1, 0.15) is 5.56 Å². The summed E-state index contributed by atoms with van der Waals surface area (Å²) in [6.07, 6.45) is 4.54. The number of carbonyl (C=O) groups excluding carboxylic acids is 1. The van der Waals surface area contributed by atoms with E-state index < -0.39 is 11.8 Å². The molecule has 4 rings (SSSR count). The zero-order chi connectivity index (χ0) is 26.2. The summed E-state index contributed by atoms with van der Waals surface area (Å²) in [6.45, 7) is 1.48. The number of nitrogens with zero attached hydrogens (tertiary/aromatic N) is 6. The molecule has 2 aromatic heterocycles. The van der Waals surface area contributed by atoms with Gasteiger partial charge in [-0.3, -0.25) is 4.98 Å². The molecule has 11 nitrogen and oxygen atoms in total. The van der Waals surface area contributed by atoms with E-state index in [0.717, 1.165) is 12.6 Å². The molecule has 0 unspecified atom stereocenters. The summed E-state index contributed by atoms with van der Waals surface area (Å²) in [4.78, 5) is 18.4. The van der Waals surface area contributed by atoms with Gasteiger partial charge in [0.15, 0.2) is 17.4 Å². The van der Waals surface area contributed by atoms with Crippen LogP contribution in [0, 0.1) is 5.82 Å². The van der Waals surface area contributed by atoms with Gasteiger partial charge in [-0.25, -0.2) is 14.6 Å². The number of amides is 2. The van der Waals surface area contributed by atoms with Gasteiger partial charge in [0.2, 0.25) is 0 Å². The molecule has 4 aromatic rings. The van der Waals surface area contributed by atoms with Gasteiger partial charge in [-0.2, -0.15) is 5.10 Å². The maximum atomic E-state index is 14.7. The van der Waals surface area contributed by atoms with Gasteiger partial charge in [-0.05, 0) is 50.0 Å². The summed E-state index contributed by atoms with van der Waals surface area (Å²) in [5.41, 5.74) is 3.62. The molecule has 0 fully saturated rings. The average Bonchev–Trinajstić information content (AvgIpc) is 3.33. The number of hydrazone groups is 1. The minimum atomic E-state index is -0.673. The van der Waals surface area contributed by atoms with Crippen molar-refractivity contribution in [2.24, 2.45) is 5.10 Å². The normalized spacial score (nSPS) is 11.1. The second-order valence-electron chi connectivity index (χ2n) is 8.19. The number of halogens is 1. The van der Waals surface area contributed by atoms with E-state index in [9.17, 15) is 14.3 Å². The molecule has 37 heavy (non-hydrogen) atoms. The summed E-state index contributed by atoms with van der Waals surface area (Å²) in [5, 5.41) is 23.8. The number of urea groups is 1. The molecule has 2 amide bonds. The third-order valence-corrected chi connectivity index (χ3v) is 5.03. The van der Waals surface area contributed by atoms with Crippen molar-refractivity contribution in [3.63, 3.8) is 0 Å². The molecule has 0 spiro atoms. The molecule has 0 radical (unpaired) electrons. The Bertz CT molecular complexity index is 1410. The highest BCUT2D eigenvalue weighted by atomic mass is 19.1. The molecule has 2 aromatic carbocycles. The summed E-state index contributed by atoms with van der Waals surface area (Å²) < 4.78 is 22.3. The first-order valence-corrected chi connectivity index (χ1v) is 11.2. The van der Waals surface area contributed by atoms with E-state index in [1.54, 1.807) is 36.8 Å². The molecule has 12 heteroatoms. The number of rotatable bonds is 9. The Morgan fingerprint density at radius 3 is 2.86 bits per heavy atom. The number of hydrogen-bond acceptors (Lipinski definition) is 8. The van der Waals surface area contributed by atoms with Crippen LogP contribution in [0.4, 0.5) is 14.9 Å². The number of anilines is 1. The smallest absolute Gasteiger partial charge is 0.339 e. The van der Waals surface area contributed by atoms with Crippen LogP contribution in [0.25, 0.3) is 11.5 Å². The monoisotopic (exact) mass is 504 g/mol. The van der Waals surface area contributed by atoms with Crippen molar-refractivity contribution in [3.05, 3.63) is 78.5 Å². The highest BCUT2D eigenvalue weighted by Gasteiger charge is 2.12. The lowest BCUT2D eigenvalue weighted by Crippen LogP contribution is -2.24. The standard InChI is InChI=1S/C25H25FN8O3/c1-33(2)10-11-34-16-29-31-24(34)22-14-20(8-9-27-22)37-23-7-6-18(13-21(23)26)30-25(36)32-28-15-17-4-3-5-19(35)12-17/h3-9,12-16,35H,10-11H2,1-2H3,(H2,30,32,36)/b28-15+. The maximum Gasteiger partial charge on any atom is 0.339 e. The molecular weight excluding hydrogens is 479 g/mol. The minimum Gasteiger partial charge on any atom is -0.508 e. The van der Waals surface area contributed by atoms with Crippen LogP contribution in [-0.2, 0) is 6.54 Å². The third-order valence-electron chi connectivity index (χ3n) is 5.03. The van der Waals surface area contributed by atoms with Gasteiger partial charge >= 0.3 is 6.03 Å². The molecule has 0 aliphatic carbocycles. The molecule has 0 aliphatic heterocycles. The van der Waals surface area contributed by atoms with Crippen molar-refractivity contribution >= 4 is 17.9 Å². The molecule has 0 bridgehead atoms. The second-order valence-corrected chi connectivity index (χ2v) is 8.19. The van der Waals surface area contributed by atoms with Crippen LogP contribution in [0.15, 0.2) is 72.2 Å². The van der Waals surface area contributed by atoms with Gasteiger partial charge < -0.3 is 24.6 Å². The topological polar surface area (TPSA) is 130 Å². The quantitative estimate of drug-likeness (QED) is 0.234. The van der Waals surface area contributed by atoms with Gasteiger partial charge in [0.05, 0.1) is 6.21 Å². The van der Waals surface area contributed by atoms with Crippen LogP contribution >= 0.6 is 0 Å². The van der Waals surface area contributed by atoms with Crippen LogP contribution in [0.5, 0.6) is 17.2 Å². The maximum absolute atomic E-state index is 14.7. The lowest BCUT2D eigenvalue weighted by Gasteiger charge is -2.12. The van der Waals surface area contributed by atoms with E-state index in [2.05, 4.69) is 31.0 Å². The van der Waals surface area contributed by atoms with Gasteiger partial charge in [-0.15, -0.1) is 10.2 Å². The van der Waals surface area contributed by atoms with E-state index in [0.29, 0.717) is 29.4 Å². The predicted molar refractivity (Wildman–Crippen MR) is 136 cm³/mol. The summed E-state index contributed by atoms with van der Waals surface area (Å²) >= 11 is 0. The Kier molecular flexibility index (Phi) is 8.01. The van der Waals surface area contributed by atoms with E-state index in [1.165, 1.54) is 30.5 Å². The number of nitrogens with one attached hydrogen (secondary N) is 2. The Hall–Kier alpha value is -4.84. The van der Waals surface area contributed by atoms with Gasteiger partial charge in [0.25, 0.3) is 0 Å². The fraction of sp³-hybridized carbons (Fsp3) is 0.160. The van der Waals surface area contributed by atoms with Crippen molar-refractivity contribution in [2.45, 2.75) is 6.54 Å². The highest BCUT2D eigenvalue weighted by molar-refractivity contribution is 5.90. The van der Waals surface area contributed by atoms with E-state index in [4.69, 9.17) is 4.74 Å². The lowest BCUT2D eigenvalue weighted by atomic mass is 10.2. The van der Waals surface area contributed by atoms with Crippen molar-refractivity contribution in [2.75, 3.05) is 26.0 Å². The number of aromatic nitrogens is 4.